The largest absolute Gasteiger partial charge is 0.462 e. The van der Waals surface area contributed by atoms with Crippen LogP contribution >= 0.6 is 0 Å². The van der Waals surface area contributed by atoms with E-state index in [-0.39, 0.29) is 31.1 Å². The van der Waals surface area contributed by atoms with Crippen molar-refractivity contribution in [1.29, 1.82) is 0 Å². The zero-order valence-electron chi connectivity index (χ0n) is 50.7. The maximum absolute atomic E-state index is 12.8. The molecule has 0 fully saturated rings. The highest BCUT2D eigenvalue weighted by atomic mass is 16.6. The monoisotopic (exact) mass is 1050 g/mol. The van der Waals surface area contributed by atoms with Gasteiger partial charge in [0.1, 0.15) is 13.2 Å². The second-order valence-corrected chi connectivity index (χ2v) is 23.5. The Bertz CT molecular complexity index is 1110. The van der Waals surface area contributed by atoms with Crippen LogP contribution in [0.3, 0.4) is 0 Å². The van der Waals surface area contributed by atoms with Crippen molar-refractivity contribution >= 4 is 17.9 Å². The molecule has 0 rings (SSSR count). The quantitative estimate of drug-likeness (QED) is 0.0343. The average Bonchev–Trinajstić information content (AvgIpc) is 3.40. The van der Waals surface area contributed by atoms with Gasteiger partial charge in [-0.1, -0.05) is 361 Å². The molecule has 0 aromatic rings. The Morgan fingerprint density at radius 1 is 0.216 bits per heavy atom. The van der Waals surface area contributed by atoms with Crippen molar-refractivity contribution in [3.8, 4) is 0 Å². The molecule has 0 saturated carbocycles. The second kappa shape index (κ2) is 63.9. The van der Waals surface area contributed by atoms with Crippen LogP contribution in [0.1, 0.15) is 400 Å². The Balaban J connectivity index is 3.86. The average molecular weight is 1050 g/mol. The lowest BCUT2D eigenvalue weighted by molar-refractivity contribution is -0.167. The van der Waals surface area contributed by atoms with Crippen LogP contribution in [0.4, 0.5) is 0 Å². The van der Waals surface area contributed by atoms with Crippen LogP contribution in [-0.2, 0) is 28.6 Å². The van der Waals surface area contributed by atoms with Crippen molar-refractivity contribution in [2.45, 2.75) is 406 Å². The van der Waals surface area contributed by atoms with E-state index in [2.05, 4.69) is 20.8 Å². The second-order valence-electron chi connectivity index (χ2n) is 23.5. The smallest absolute Gasteiger partial charge is 0.306 e. The van der Waals surface area contributed by atoms with Gasteiger partial charge >= 0.3 is 17.9 Å². The van der Waals surface area contributed by atoms with Gasteiger partial charge in [0.15, 0.2) is 6.10 Å². The van der Waals surface area contributed by atoms with Crippen LogP contribution in [-0.4, -0.2) is 37.2 Å². The number of esters is 3. The highest BCUT2D eigenvalue weighted by molar-refractivity contribution is 5.71. The standard InChI is InChI=1S/C68H132O6/c1-4-7-10-13-15-17-19-21-23-25-27-28-29-30-31-32-33-34-35-36-37-38-39-41-42-44-46-48-50-52-55-58-61-67(70)73-64-65(63-72-66(69)60-57-54-12-9-6-3)74-68(71)62-59-56-53-51-49-47-45-43-40-26-24-22-20-18-16-14-11-8-5-2/h65H,4-64H2,1-3H3. The molecule has 1 atom stereocenters. The van der Waals surface area contributed by atoms with Gasteiger partial charge in [-0.15, -0.1) is 0 Å². The Labute approximate surface area is 463 Å². The first-order chi connectivity index (χ1) is 36.5. The van der Waals surface area contributed by atoms with Crippen LogP contribution in [0, 0.1) is 0 Å². The van der Waals surface area contributed by atoms with Crippen LogP contribution in [0.15, 0.2) is 0 Å². The maximum Gasteiger partial charge on any atom is 0.306 e. The van der Waals surface area contributed by atoms with Crippen LogP contribution < -0.4 is 0 Å². The van der Waals surface area contributed by atoms with E-state index in [9.17, 15) is 14.4 Å². The summed E-state index contributed by atoms with van der Waals surface area (Å²) in [6.07, 6.45) is 74.8. The van der Waals surface area contributed by atoms with Gasteiger partial charge in [-0.3, -0.25) is 14.4 Å². The van der Waals surface area contributed by atoms with Crippen molar-refractivity contribution in [3.05, 3.63) is 0 Å². The Morgan fingerprint density at radius 3 is 0.541 bits per heavy atom. The number of carbonyl (C=O) groups is 3. The molecule has 0 aliphatic carbocycles. The molecule has 74 heavy (non-hydrogen) atoms. The molecule has 6 nitrogen and oxygen atoms in total. The van der Waals surface area contributed by atoms with E-state index in [4.69, 9.17) is 14.2 Å². The van der Waals surface area contributed by atoms with Crippen molar-refractivity contribution in [2.24, 2.45) is 0 Å². The van der Waals surface area contributed by atoms with E-state index in [0.717, 1.165) is 64.2 Å². The number of ether oxygens (including phenoxy) is 3. The van der Waals surface area contributed by atoms with E-state index >= 15 is 0 Å². The van der Waals surface area contributed by atoms with Crippen molar-refractivity contribution in [2.75, 3.05) is 13.2 Å². The molecule has 1 unspecified atom stereocenters. The van der Waals surface area contributed by atoms with Gasteiger partial charge in [-0.05, 0) is 19.3 Å². The van der Waals surface area contributed by atoms with Gasteiger partial charge in [0.2, 0.25) is 0 Å². The van der Waals surface area contributed by atoms with Crippen LogP contribution in [0.25, 0.3) is 0 Å². The third-order valence-corrected chi connectivity index (χ3v) is 15.9. The predicted molar refractivity (Wildman–Crippen MR) is 321 cm³/mol. The van der Waals surface area contributed by atoms with E-state index in [1.165, 1.54) is 295 Å². The van der Waals surface area contributed by atoms with Gasteiger partial charge in [-0.25, -0.2) is 0 Å². The molecule has 0 amide bonds. The van der Waals surface area contributed by atoms with Crippen LogP contribution in [0.5, 0.6) is 0 Å². The number of hydrogen-bond acceptors (Lipinski definition) is 6. The lowest BCUT2D eigenvalue weighted by atomic mass is 10.0. The number of rotatable bonds is 64. The molecular weight excluding hydrogens is 913 g/mol. The fourth-order valence-corrected chi connectivity index (χ4v) is 10.7. The zero-order chi connectivity index (χ0) is 53.6. The number of hydrogen-bond donors (Lipinski definition) is 0. The molecule has 0 aromatic heterocycles. The number of unbranched alkanes of at least 4 members (excludes halogenated alkanes) is 53. The van der Waals surface area contributed by atoms with E-state index in [0.29, 0.717) is 19.3 Å². The molecule has 0 aromatic carbocycles. The molecular formula is C68H132O6. The van der Waals surface area contributed by atoms with Gasteiger partial charge < -0.3 is 14.2 Å². The maximum atomic E-state index is 12.8. The van der Waals surface area contributed by atoms with E-state index in [1.54, 1.807) is 0 Å². The molecule has 0 heterocycles. The summed E-state index contributed by atoms with van der Waals surface area (Å²) in [7, 11) is 0. The summed E-state index contributed by atoms with van der Waals surface area (Å²) < 4.78 is 16.8. The summed E-state index contributed by atoms with van der Waals surface area (Å²) in [6.45, 7) is 6.64. The van der Waals surface area contributed by atoms with Crippen molar-refractivity contribution in [1.82, 2.24) is 0 Å². The first-order valence-electron chi connectivity index (χ1n) is 34.0. The van der Waals surface area contributed by atoms with Crippen LogP contribution in [0.2, 0.25) is 0 Å². The normalized spacial score (nSPS) is 11.9. The molecule has 0 N–H and O–H groups in total. The third kappa shape index (κ3) is 61.3. The molecule has 0 spiro atoms. The van der Waals surface area contributed by atoms with E-state index < -0.39 is 6.10 Å². The zero-order valence-corrected chi connectivity index (χ0v) is 50.7. The molecule has 0 bridgehead atoms. The minimum Gasteiger partial charge on any atom is -0.462 e. The first-order valence-corrected chi connectivity index (χ1v) is 34.0. The van der Waals surface area contributed by atoms with Gasteiger partial charge in [0.05, 0.1) is 0 Å². The van der Waals surface area contributed by atoms with Gasteiger partial charge in [-0.2, -0.15) is 0 Å². The minimum absolute atomic E-state index is 0.0623. The fourth-order valence-electron chi connectivity index (χ4n) is 10.7. The number of carbonyl (C=O) groups excluding carboxylic acids is 3. The SMILES string of the molecule is CCCCCCCCCCCCCCCCCCCCCCCCCCCCCCCCCCC(=O)OCC(COC(=O)CCCCCCC)OC(=O)CCCCCCCCCCCCCCCCCCCCC. The van der Waals surface area contributed by atoms with Gasteiger partial charge in [0, 0.05) is 19.3 Å². The Morgan fingerprint density at radius 2 is 0.365 bits per heavy atom. The molecule has 0 aliphatic rings. The van der Waals surface area contributed by atoms with Crippen molar-refractivity contribution < 1.29 is 28.6 Å². The Hall–Kier alpha value is -1.59. The summed E-state index contributed by atoms with van der Waals surface area (Å²) >= 11 is 0. The first kappa shape index (κ1) is 72.4. The lowest BCUT2D eigenvalue weighted by Crippen LogP contribution is -2.30. The molecule has 0 aliphatic heterocycles. The summed E-state index contributed by atoms with van der Waals surface area (Å²) in [5.74, 6) is -0.846. The van der Waals surface area contributed by atoms with Gasteiger partial charge in [0.25, 0.3) is 0 Å². The molecule has 0 saturated heterocycles. The van der Waals surface area contributed by atoms with E-state index in [1.807, 2.05) is 0 Å². The third-order valence-electron chi connectivity index (χ3n) is 15.9. The van der Waals surface area contributed by atoms with Crippen molar-refractivity contribution in [3.63, 3.8) is 0 Å². The highest BCUT2D eigenvalue weighted by Crippen LogP contribution is 2.19. The molecule has 0 radical (unpaired) electrons. The molecule has 440 valence electrons. The predicted octanol–water partition coefficient (Wildman–Crippen LogP) is 23.1. The summed E-state index contributed by atoms with van der Waals surface area (Å²) in [6, 6.07) is 0. The summed E-state index contributed by atoms with van der Waals surface area (Å²) in [5, 5.41) is 0. The highest BCUT2D eigenvalue weighted by Gasteiger charge is 2.19. The Kier molecular flexibility index (Phi) is 62.6. The topological polar surface area (TPSA) is 78.9 Å². The fraction of sp³-hybridized carbons (Fsp3) is 0.956. The minimum atomic E-state index is -0.760. The molecule has 6 heteroatoms. The summed E-state index contributed by atoms with van der Waals surface area (Å²) in [5.41, 5.74) is 0. The summed E-state index contributed by atoms with van der Waals surface area (Å²) in [4.78, 5) is 37.9. The lowest BCUT2D eigenvalue weighted by Gasteiger charge is -2.18.